The van der Waals surface area contributed by atoms with Gasteiger partial charge in [0.15, 0.2) is 0 Å². The Morgan fingerprint density at radius 3 is 2.00 bits per heavy atom. The monoisotopic (exact) mass is 341 g/mol. The Bertz CT molecular complexity index is 561. The predicted molar refractivity (Wildman–Crippen MR) is 76.5 cm³/mol. The van der Waals surface area contributed by atoms with Crippen LogP contribution < -0.4 is 2.81 Å². The van der Waals surface area contributed by atoms with Crippen molar-refractivity contribution in [2.75, 3.05) is 0 Å². The zero-order valence-corrected chi connectivity index (χ0v) is 13.4. The van der Waals surface area contributed by atoms with E-state index in [0.717, 1.165) is 12.0 Å². The molecule has 0 heterocycles. The molecule has 1 aromatic carbocycles. The van der Waals surface area contributed by atoms with Crippen molar-refractivity contribution in [1.82, 2.24) is 0 Å². The van der Waals surface area contributed by atoms with Crippen molar-refractivity contribution in [3.05, 3.63) is 78.4 Å². The molecule has 0 aliphatic heterocycles. The number of carbonyl (C=O) groups excluding carboxylic acids is 1. The van der Waals surface area contributed by atoms with Gasteiger partial charge in [-0.2, -0.15) is 0 Å². The first kappa shape index (κ1) is 13.5. The molecule has 0 unspecified atom stereocenters. The van der Waals surface area contributed by atoms with Gasteiger partial charge < -0.3 is 0 Å². The van der Waals surface area contributed by atoms with E-state index in [4.69, 9.17) is 2.81 Å². The molecule has 99 valence electrons. The maximum absolute atomic E-state index is 11.1. The van der Waals surface area contributed by atoms with E-state index < -0.39 is 22.2 Å². The van der Waals surface area contributed by atoms with Crippen LogP contribution >= 0.6 is 0 Å². The third kappa shape index (κ3) is 2.83. The van der Waals surface area contributed by atoms with Gasteiger partial charge in [0.25, 0.3) is 0 Å². The molecule has 0 saturated heterocycles. The molecule has 20 heavy (non-hydrogen) atoms. The molecular formula is C17H15O2Zr. The summed E-state index contributed by atoms with van der Waals surface area (Å²) >= 11 is -2.27. The standard InChI is InChI=1S/C7H6O2.2C5H5.Zr/c8-5-6-3-1-2-4-7(6)9;2*1-2-4-5-3-1;/h1-5,9H;2*1-5H;/q;;;+1/p-1. The van der Waals surface area contributed by atoms with Crippen LogP contribution in [0, 0.1) is 0 Å². The number of aldehydes is 1. The number of hydrogen-bond donors (Lipinski definition) is 0. The van der Waals surface area contributed by atoms with Crippen LogP contribution in [0.2, 0.25) is 7.25 Å². The molecule has 0 aromatic heterocycles. The van der Waals surface area contributed by atoms with Gasteiger partial charge in [0.2, 0.25) is 0 Å². The third-order valence-electron chi connectivity index (χ3n) is 3.43. The normalized spacial score (nSPS) is 17.0. The first-order chi connectivity index (χ1) is 9.88. The van der Waals surface area contributed by atoms with E-state index in [1.165, 1.54) is 0 Å². The number of allylic oxidation sites excluding steroid dienone is 8. The van der Waals surface area contributed by atoms with E-state index in [0.29, 0.717) is 12.8 Å². The minimum atomic E-state index is -2.27. The van der Waals surface area contributed by atoms with Gasteiger partial charge in [0.1, 0.15) is 0 Å². The molecule has 0 bridgehead atoms. The van der Waals surface area contributed by atoms with Gasteiger partial charge in [-0.05, 0) is 0 Å². The van der Waals surface area contributed by atoms with Crippen molar-refractivity contribution in [3.8, 4) is 5.75 Å². The zero-order valence-electron chi connectivity index (χ0n) is 11.0. The molecular weight excluding hydrogens is 327 g/mol. The van der Waals surface area contributed by atoms with Crippen LogP contribution in [0.3, 0.4) is 0 Å². The first-order valence-electron chi connectivity index (χ1n) is 6.67. The summed E-state index contributed by atoms with van der Waals surface area (Å²) in [5, 5.41) is 0. The summed E-state index contributed by atoms with van der Waals surface area (Å²) in [6.45, 7) is 0. The summed E-state index contributed by atoms with van der Waals surface area (Å²) in [7, 11) is 0. The fourth-order valence-corrected chi connectivity index (χ4v) is 8.20. The molecule has 1 aromatic rings. The summed E-state index contributed by atoms with van der Waals surface area (Å²) in [4.78, 5) is 11.1. The third-order valence-corrected chi connectivity index (χ3v) is 9.67. The first-order valence-corrected chi connectivity index (χ1v) is 10.5. The summed E-state index contributed by atoms with van der Waals surface area (Å²) in [5.41, 5.74) is 0.641. The second-order valence-electron chi connectivity index (χ2n) is 4.75. The van der Waals surface area contributed by atoms with Crippen LogP contribution in [0.15, 0.2) is 72.9 Å². The van der Waals surface area contributed by atoms with Gasteiger partial charge in [-0.3, -0.25) is 0 Å². The fourth-order valence-electron chi connectivity index (χ4n) is 2.40. The average molecular weight is 343 g/mol. The van der Waals surface area contributed by atoms with E-state index in [-0.39, 0.29) is 0 Å². The minimum absolute atomic E-state index is 0.425. The number of benzene rings is 1. The van der Waals surface area contributed by atoms with Gasteiger partial charge >= 0.3 is 128 Å². The molecule has 3 heteroatoms. The molecule has 2 aliphatic rings. The Balaban J connectivity index is 1.87. The molecule has 2 aliphatic carbocycles. The number of rotatable bonds is 5. The molecule has 3 rings (SSSR count). The Labute approximate surface area is 127 Å². The van der Waals surface area contributed by atoms with Crippen LogP contribution in [0.5, 0.6) is 5.75 Å². The quantitative estimate of drug-likeness (QED) is 0.748. The molecule has 0 N–H and O–H groups in total. The van der Waals surface area contributed by atoms with Gasteiger partial charge in [-0.25, -0.2) is 0 Å². The van der Waals surface area contributed by atoms with Crippen LogP contribution in [-0.4, -0.2) is 6.29 Å². The number of hydrogen-bond acceptors (Lipinski definition) is 2. The Morgan fingerprint density at radius 1 is 0.900 bits per heavy atom. The molecule has 0 saturated carbocycles. The molecule has 0 atom stereocenters. The van der Waals surface area contributed by atoms with E-state index in [1.54, 1.807) is 0 Å². The maximum atomic E-state index is 11.1. The van der Waals surface area contributed by atoms with Crippen molar-refractivity contribution >= 4 is 6.29 Å². The van der Waals surface area contributed by atoms with E-state index in [1.807, 2.05) is 24.3 Å². The number of carbonyl (C=O) groups is 1. The van der Waals surface area contributed by atoms with Gasteiger partial charge in [-0.15, -0.1) is 0 Å². The molecule has 0 radical (unpaired) electrons. The van der Waals surface area contributed by atoms with E-state index in [2.05, 4.69) is 48.6 Å². The zero-order chi connectivity index (χ0) is 13.8. The SMILES string of the molecule is O=Cc1ccccc1[O][Zr]([CH]1C=CC=C1)[CH]1C=CC=C1. The fraction of sp³-hybridized carbons (Fsp3) is 0.118. The molecule has 0 amide bonds. The summed E-state index contributed by atoms with van der Waals surface area (Å²) in [5.74, 6) is 0.735. The van der Waals surface area contributed by atoms with Gasteiger partial charge in [0, 0.05) is 0 Å². The van der Waals surface area contributed by atoms with Crippen molar-refractivity contribution in [3.63, 3.8) is 0 Å². The van der Waals surface area contributed by atoms with Crippen LogP contribution in [0.25, 0.3) is 0 Å². The van der Waals surface area contributed by atoms with E-state index >= 15 is 0 Å². The van der Waals surface area contributed by atoms with Crippen molar-refractivity contribution in [1.29, 1.82) is 0 Å². The summed E-state index contributed by atoms with van der Waals surface area (Å²) in [6.07, 6.45) is 18.1. The van der Waals surface area contributed by atoms with Crippen molar-refractivity contribution in [2.45, 2.75) is 7.25 Å². The second-order valence-corrected chi connectivity index (χ2v) is 10.5. The Hall–Kier alpha value is -1.47. The topological polar surface area (TPSA) is 26.3 Å². The van der Waals surface area contributed by atoms with Crippen molar-refractivity contribution < 1.29 is 29.8 Å². The molecule has 0 spiro atoms. The van der Waals surface area contributed by atoms with Crippen LogP contribution in [-0.2, 0) is 22.2 Å². The second kappa shape index (κ2) is 6.32. The van der Waals surface area contributed by atoms with E-state index in [9.17, 15) is 4.79 Å². The van der Waals surface area contributed by atoms with Gasteiger partial charge in [0.05, 0.1) is 0 Å². The van der Waals surface area contributed by atoms with Crippen LogP contribution in [0.4, 0.5) is 0 Å². The predicted octanol–water partition coefficient (Wildman–Crippen LogP) is 4.24. The summed E-state index contributed by atoms with van der Waals surface area (Å²) < 4.78 is 7.22. The van der Waals surface area contributed by atoms with Gasteiger partial charge in [-0.1, -0.05) is 0 Å². The molecule has 0 fully saturated rings. The Kier molecular flexibility index (Phi) is 4.27. The Morgan fingerprint density at radius 2 is 1.45 bits per heavy atom. The number of para-hydroxylation sites is 1. The molecule has 2 nitrogen and oxygen atoms in total. The summed E-state index contributed by atoms with van der Waals surface area (Å²) in [6, 6.07) is 7.49. The average Bonchev–Trinajstić information content (AvgIpc) is 3.18. The van der Waals surface area contributed by atoms with Crippen molar-refractivity contribution in [2.24, 2.45) is 0 Å². The van der Waals surface area contributed by atoms with Crippen LogP contribution in [0.1, 0.15) is 10.4 Å².